The van der Waals surface area contributed by atoms with Gasteiger partial charge in [0.2, 0.25) is 0 Å². The van der Waals surface area contributed by atoms with Gasteiger partial charge in [-0.2, -0.15) is 0 Å². The van der Waals surface area contributed by atoms with Gasteiger partial charge in [0.25, 0.3) is 5.91 Å². The average molecular weight is 463 g/mol. The number of nitrogens with one attached hydrogen (secondary N) is 2. The average Bonchev–Trinajstić information content (AvgIpc) is 2.83. The third-order valence-electron chi connectivity index (χ3n) is 5.43. The monoisotopic (exact) mass is 462 g/mol. The van der Waals surface area contributed by atoms with Gasteiger partial charge < -0.3 is 20.3 Å². The van der Waals surface area contributed by atoms with Gasteiger partial charge in [-0.25, -0.2) is 4.98 Å². The molecule has 0 spiro atoms. The molecule has 0 radical (unpaired) electrons. The first-order chi connectivity index (χ1) is 16.0. The highest BCUT2D eigenvalue weighted by molar-refractivity contribution is 6.31. The number of aromatic nitrogens is 2. The highest BCUT2D eigenvalue weighted by Gasteiger charge is 2.22. The summed E-state index contributed by atoms with van der Waals surface area (Å²) < 4.78 is 0. The van der Waals surface area contributed by atoms with Gasteiger partial charge in [0.05, 0.1) is 23.7 Å². The minimum absolute atomic E-state index is 0.00564. The van der Waals surface area contributed by atoms with Crippen molar-refractivity contribution in [1.82, 2.24) is 15.3 Å². The molecule has 33 heavy (non-hydrogen) atoms. The number of aliphatic hydroxyl groups is 1. The largest absolute Gasteiger partial charge is 0.395 e. The Morgan fingerprint density at radius 2 is 1.97 bits per heavy atom. The van der Waals surface area contributed by atoms with Gasteiger partial charge >= 0.3 is 0 Å². The summed E-state index contributed by atoms with van der Waals surface area (Å²) in [5.74, 6) is 0.285. The first-order valence-electron chi connectivity index (χ1n) is 10.4. The lowest BCUT2D eigenvalue weighted by Gasteiger charge is -2.20. The number of amides is 1. The molecule has 0 aliphatic heterocycles. The maximum absolute atomic E-state index is 13.3. The number of fused-ring (bicyclic) bond motifs is 1. The summed E-state index contributed by atoms with van der Waals surface area (Å²) in [6.45, 7) is 0.441. The van der Waals surface area contributed by atoms with Crippen LogP contribution in [0.5, 0.6) is 0 Å². The Balaban J connectivity index is 1.69. The number of aliphatic hydroxyl groups excluding tert-OH is 1. The van der Waals surface area contributed by atoms with E-state index >= 15 is 0 Å². The van der Waals surface area contributed by atoms with Crippen molar-refractivity contribution >= 4 is 34.2 Å². The van der Waals surface area contributed by atoms with E-state index in [2.05, 4.69) is 15.3 Å². The van der Waals surface area contributed by atoms with Gasteiger partial charge in [-0.05, 0) is 35.9 Å². The normalized spacial score (nSPS) is 11.8. The molecule has 2 aromatic carbocycles. The molecule has 4 rings (SSSR count). The lowest BCUT2D eigenvalue weighted by atomic mass is 9.98. The van der Waals surface area contributed by atoms with Crippen molar-refractivity contribution in [3.05, 3.63) is 105 Å². The second-order valence-corrected chi connectivity index (χ2v) is 8.07. The van der Waals surface area contributed by atoms with Crippen LogP contribution in [0.15, 0.2) is 77.9 Å². The Labute approximate surface area is 195 Å². The molecule has 1 amide bonds. The maximum atomic E-state index is 13.3. The number of hydrogen-bond acceptors (Lipinski definition) is 5. The zero-order valence-electron chi connectivity index (χ0n) is 18.0. The molecule has 3 N–H and O–H groups in total. The summed E-state index contributed by atoms with van der Waals surface area (Å²) in [4.78, 5) is 35.6. The van der Waals surface area contributed by atoms with Crippen LogP contribution in [0.2, 0.25) is 5.02 Å². The van der Waals surface area contributed by atoms with Crippen molar-refractivity contribution < 1.29 is 9.90 Å². The van der Waals surface area contributed by atoms with Crippen LogP contribution >= 0.6 is 11.6 Å². The predicted molar refractivity (Wildman–Crippen MR) is 130 cm³/mol. The van der Waals surface area contributed by atoms with E-state index in [0.29, 0.717) is 39.4 Å². The van der Waals surface area contributed by atoms with Gasteiger partial charge in [-0.15, -0.1) is 0 Å². The second kappa shape index (κ2) is 9.85. The lowest BCUT2D eigenvalue weighted by molar-refractivity contribution is 0.0942. The third kappa shape index (κ3) is 4.89. The second-order valence-electron chi connectivity index (χ2n) is 7.63. The number of H-pyrrole nitrogens is 1. The van der Waals surface area contributed by atoms with E-state index in [1.165, 1.54) is 6.20 Å². The minimum Gasteiger partial charge on any atom is -0.395 e. The zero-order chi connectivity index (χ0) is 23.4. The first kappa shape index (κ1) is 22.5. The summed E-state index contributed by atoms with van der Waals surface area (Å²) in [6, 6.07) is 17.1. The molecule has 2 aromatic heterocycles. The fraction of sp³-hybridized carbons (Fsp3) is 0.160. The van der Waals surface area contributed by atoms with E-state index < -0.39 is 6.04 Å². The predicted octanol–water partition coefficient (Wildman–Crippen LogP) is 3.52. The molecule has 168 valence electrons. The van der Waals surface area contributed by atoms with Gasteiger partial charge in [-0.1, -0.05) is 41.9 Å². The Kier molecular flexibility index (Phi) is 6.72. The molecule has 2 heterocycles. The van der Waals surface area contributed by atoms with Crippen LogP contribution in [0.25, 0.3) is 10.9 Å². The fourth-order valence-corrected chi connectivity index (χ4v) is 3.81. The Morgan fingerprint density at radius 1 is 1.18 bits per heavy atom. The SMILES string of the molecule is CN(CCO)c1ccc(C(=O)NC(c2ccccc2)c2c[nH]c3cc(Cl)ccc3c2=O)cn1. The molecular weight excluding hydrogens is 440 g/mol. The lowest BCUT2D eigenvalue weighted by Crippen LogP contribution is -2.32. The van der Waals surface area contributed by atoms with Crippen molar-refractivity contribution in [1.29, 1.82) is 0 Å². The molecular formula is C25H23ClN4O3. The van der Waals surface area contributed by atoms with Crippen molar-refractivity contribution in [2.24, 2.45) is 0 Å². The number of rotatable bonds is 7. The van der Waals surface area contributed by atoms with Crippen LogP contribution < -0.4 is 15.6 Å². The number of nitrogens with zero attached hydrogens (tertiary/aromatic N) is 2. The minimum atomic E-state index is -0.667. The van der Waals surface area contributed by atoms with Gasteiger partial charge in [0.1, 0.15) is 5.82 Å². The summed E-state index contributed by atoms with van der Waals surface area (Å²) in [5.41, 5.74) is 1.99. The maximum Gasteiger partial charge on any atom is 0.253 e. The zero-order valence-corrected chi connectivity index (χ0v) is 18.7. The van der Waals surface area contributed by atoms with Crippen molar-refractivity contribution in [3.63, 3.8) is 0 Å². The van der Waals surface area contributed by atoms with E-state index in [1.807, 2.05) is 37.4 Å². The van der Waals surface area contributed by atoms with E-state index in [0.717, 1.165) is 5.56 Å². The molecule has 0 saturated heterocycles. The van der Waals surface area contributed by atoms with Crippen LogP contribution in [0, 0.1) is 0 Å². The topological polar surface area (TPSA) is 98.3 Å². The van der Waals surface area contributed by atoms with Crippen LogP contribution in [-0.2, 0) is 0 Å². The Hall–Kier alpha value is -3.68. The summed E-state index contributed by atoms with van der Waals surface area (Å²) in [6.07, 6.45) is 3.09. The number of anilines is 1. The fourth-order valence-electron chi connectivity index (χ4n) is 3.64. The molecule has 1 atom stereocenters. The third-order valence-corrected chi connectivity index (χ3v) is 5.66. The Morgan fingerprint density at radius 3 is 2.67 bits per heavy atom. The summed E-state index contributed by atoms with van der Waals surface area (Å²) in [5, 5.41) is 13.1. The smallest absolute Gasteiger partial charge is 0.253 e. The highest BCUT2D eigenvalue weighted by Crippen LogP contribution is 2.23. The van der Waals surface area contributed by atoms with E-state index in [1.54, 1.807) is 41.4 Å². The number of benzene rings is 2. The first-order valence-corrected chi connectivity index (χ1v) is 10.8. The standard InChI is InChI=1S/C25H23ClN4O3/c1-30(11-12-31)22-10-7-17(14-28-22)25(33)29-23(16-5-3-2-4-6-16)20-15-27-21-13-18(26)8-9-19(21)24(20)32/h2-10,13-15,23,31H,11-12H2,1H3,(H,27,32)(H,29,33). The number of halogens is 1. The van der Waals surface area contributed by atoms with E-state index in [4.69, 9.17) is 16.7 Å². The summed E-state index contributed by atoms with van der Waals surface area (Å²) >= 11 is 6.05. The molecule has 0 bridgehead atoms. The number of carbonyl (C=O) groups is 1. The molecule has 7 nitrogen and oxygen atoms in total. The van der Waals surface area contributed by atoms with Crippen LogP contribution in [-0.4, -0.2) is 41.2 Å². The number of hydrogen-bond donors (Lipinski definition) is 3. The molecule has 8 heteroatoms. The molecule has 4 aromatic rings. The molecule has 0 aliphatic carbocycles. The van der Waals surface area contributed by atoms with Gasteiger partial charge in [-0.3, -0.25) is 9.59 Å². The number of pyridine rings is 2. The van der Waals surface area contributed by atoms with E-state index in [9.17, 15) is 9.59 Å². The number of likely N-dealkylation sites (N-methyl/N-ethyl adjacent to an activating group) is 1. The van der Waals surface area contributed by atoms with Crippen LogP contribution in [0.4, 0.5) is 5.82 Å². The van der Waals surface area contributed by atoms with Crippen molar-refractivity contribution in [2.45, 2.75) is 6.04 Å². The molecule has 0 fully saturated rings. The van der Waals surface area contributed by atoms with Gasteiger partial charge in [0.15, 0.2) is 5.43 Å². The van der Waals surface area contributed by atoms with Crippen molar-refractivity contribution in [2.75, 3.05) is 25.1 Å². The van der Waals surface area contributed by atoms with Crippen LogP contribution in [0.3, 0.4) is 0 Å². The molecule has 0 saturated carbocycles. The number of carbonyl (C=O) groups excluding carboxylic acids is 1. The van der Waals surface area contributed by atoms with Crippen LogP contribution in [0.1, 0.15) is 27.5 Å². The Bertz CT molecular complexity index is 1320. The highest BCUT2D eigenvalue weighted by atomic mass is 35.5. The molecule has 1 unspecified atom stereocenters. The quantitative estimate of drug-likeness (QED) is 0.390. The number of aromatic amines is 1. The van der Waals surface area contributed by atoms with Gasteiger partial charge in [0, 0.05) is 42.0 Å². The van der Waals surface area contributed by atoms with Crippen molar-refractivity contribution in [3.8, 4) is 0 Å². The molecule has 0 aliphatic rings. The summed E-state index contributed by atoms with van der Waals surface area (Å²) in [7, 11) is 1.81. The van der Waals surface area contributed by atoms with E-state index in [-0.39, 0.29) is 17.9 Å².